The van der Waals surface area contributed by atoms with Crippen LogP contribution in [0.15, 0.2) is 0 Å². The average molecular weight is 234 g/mol. The Hall–Kier alpha value is -0.260. The largest absolute Gasteiger partial charge is 0.386 e. The summed E-state index contributed by atoms with van der Waals surface area (Å²) in [5, 5.41) is 12.1. The molecule has 2 saturated heterocycles. The zero-order chi connectivity index (χ0) is 11.5. The highest BCUT2D eigenvalue weighted by molar-refractivity contribution is 4.94. The Balaban J connectivity index is 1.77. The Kier molecular flexibility index (Phi) is 4.10. The van der Waals surface area contributed by atoms with E-state index in [4.69, 9.17) is 5.11 Å². The van der Waals surface area contributed by atoms with Crippen molar-refractivity contribution < 1.29 is 13.9 Å². The molecule has 0 saturated carbocycles. The van der Waals surface area contributed by atoms with Crippen LogP contribution in [0.3, 0.4) is 0 Å². The Morgan fingerprint density at radius 3 is 2.81 bits per heavy atom. The third-order valence-corrected chi connectivity index (χ3v) is 3.74. The summed E-state index contributed by atoms with van der Waals surface area (Å²) in [7, 11) is 0. The van der Waals surface area contributed by atoms with E-state index in [0.717, 1.165) is 25.9 Å². The summed E-state index contributed by atoms with van der Waals surface area (Å²) in [5.74, 6) is 0. The Labute approximate surface area is 94.8 Å². The SMILES string of the molecule is OC(CNC1CCN2CCCCC12)C(F)F. The standard InChI is InChI=1S/C11H20F2N2O/c12-11(13)10(16)7-14-8-4-6-15-5-2-1-3-9(8)15/h8-11,14,16H,1-7H2. The molecule has 3 unspecified atom stereocenters. The van der Waals surface area contributed by atoms with Gasteiger partial charge in [-0.05, 0) is 25.8 Å². The van der Waals surface area contributed by atoms with E-state index in [9.17, 15) is 8.78 Å². The molecule has 2 rings (SSSR count). The van der Waals surface area contributed by atoms with Crippen molar-refractivity contribution in [2.45, 2.75) is 50.3 Å². The first-order valence-electron chi connectivity index (χ1n) is 6.12. The van der Waals surface area contributed by atoms with Crippen molar-refractivity contribution in [2.24, 2.45) is 0 Å². The van der Waals surface area contributed by atoms with Gasteiger partial charge in [0.25, 0.3) is 6.43 Å². The molecule has 0 bridgehead atoms. The molecule has 3 atom stereocenters. The molecule has 0 radical (unpaired) electrons. The Morgan fingerprint density at radius 1 is 1.25 bits per heavy atom. The van der Waals surface area contributed by atoms with Crippen LogP contribution >= 0.6 is 0 Å². The highest BCUT2D eigenvalue weighted by atomic mass is 19.3. The zero-order valence-electron chi connectivity index (χ0n) is 9.41. The molecular weight excluding hydrogens is 214 g/mol. The van der Waals surface area contributed by atoms with Gasteiger partial charge in [0.1, 0.15) is 6.10 Å². The van der Waals surface area contributed by atoms with Gasteiger partial charge in [-0.1, -0.05) is 6.42 Å². The second-order valence-electron chi connectivity index (χ2n) is 4.80. The Bertz CT molecular complexity index is 228. The summed E-state index contributed by atoms with van der Waals surface area (Å²) in [6, 6.07) is 0.785. The van der Waals surface area contributed by atoms with Gasteiger partial charge in [0.2, 0.25) is 0 Å². The molecule has 0 spiro atoms. The van der Waals surface area contributed by atoms with Crippen LogP contribution in [0.5, 0.6) is 0 Å². The topological polar surface area (TPSA) is 35.5 Å². The number of alkyl halides is 2. The molecule has 0 aromatic heterocycles. The summed E-state index contributed by atoms with van der Waals surface area (Å²) in [6.07, 6.45) is 0.483. The molecule has 0 aromatic carbocycles. The van der Waals surface area contributed by atoms with Gasteiger partial charge in [-0.2, -0.15) is 0 Å². The maximum Gasteiger partial charge on any atom is 0.265 e. The number of piperidine rings is 1. The molecule has 2 heterocycles. The van der Waals surface area contributed by atoms with E-state index in [1.807, 2.05) is 0 Å². The summed E-state index contributed by atoms with van der Waals surface area (Å²) in [5.41, 5.74) is 0. The van der Waals surface area contributed by atoms with Crippen LogP contribution < -0.4 is 5.32 Å². The second-order valence-corrected chi connectivity index (χ2v) is 4.80. The van der Waals surface area contributed by atoms with E-state index in [2.05, 4.69) is 10.2 Å². The van der Waals surface area contributed by atoms with Crippen LogP contribution in [0.2, 0.25) is 0 Å². The highest BCUT2D eigenvalue weighted by Gasteiger charge is 2.35. The molecule has 2 aliphatic rings. The van der Waals surface area contributed by atoms with Crippen LogP contribution in [-0.4, -0.2) is 54.3 Å². The van der Waals surface area contributed by atoms with Crippen molar-refractivity contribution in [2.75, 3.05) is 19.6 Å². The molecular formula is C11H20F2N2O. The number of nitrogens with one attached hydrogen (secondary N) is 1. The van der Waals surface area contributed by atoms with Gasteiger partial charge in [0, 0.05) is 25.2 Å². The van der Waals surface area contributed by atoms with Crippen molar-refractivity contribution in [3.05, 3.63) is 0 Å². The van der Waals surface area contributed by atoms with Gasteiger partial charge in [-0.25, -0.2) is 8.78 Å². The lowest BCUT2D eigenvalue weighted by atomic mass is 9.99. The number of aliphatic hydroxyl groups excluding tert-OH is 1. The number of fused-ring (bicyclic) bond motifs is 1. The minimum absolute atomic E-state index is 0.00662. The smallest absolute Gasteiger partial charge is 0.265 e. The van der Waals surface area contributed by atoms with Gasteiger partial charge >= 0.3 is 0 Å². The predicted molar refractivity (Wildman–Crippen MR) is 57.6 cm³/mol. The number of rotatable bonds is 4. The lowest BCUT2D eigenvalue weighted by molar-refractivity contribution is -0.00542. The van der Waals surface area contributed by atoms with E-state index in [0.29, 0.717) is 6.04 Å². The third kappa shape index (κ3) is 2.70. The van der Waals surface area contributed by atoms with E-state index in [-0.39, 0.29) is 12.6 Å². The first-order chi connectivity index (χ1) is 7.68. The average Bonchev–Trinajstić information content (AvgIpc) is 2.69. The fraction of sp³-hybridized carbons (Fsp3) is 1.00. The maximum absolute atomic E-state index is 12.1. The van der Waals surface area contributed by atoms with Gasteiger partial charge < -0.3 is 10.4 Å². The van der Waals surface area contributed by atoms with E-state index < -0.39 is 12.5 Å². The highest BCUT2D eigenvalue weighted by Crippen LogP contribution is 2.27. The molecule has 5 heteroatoms. The maximum atomic E-state index is 12.1. The molecule has 2 aliphatic heterocycles. The molecule has 2 N–H and O–H groups in total. The molecule has 94 valence electrons. The summed E-state index contributed by atoms with van der Waals surface area (Å²) in [6.45, 7) is 2.21. The zero-order valence-corrected chi connectivity index (χ0v) is 9.41. The van der Waals surface area contributed by atoms with E-state index >= 15 is 0 Å². The molecule has 3 nitrogen and oxygen atoms in total. The minimum Gasteiger partial charge on any atom is -0.386 e. The monoisotopic (exact) mass is 234 g/mol. The normalized spacial score (nSPS) is 33.0. The van der Waals surface area contributed by atoms with Crippen LogP contribution in [-0.2, 0) is 0 Å². The Morgan fingerprint density at radius 2 is 2.06 bits per heavy atom. The third-order valence-electron chi connectivity index (χ3n) is 3.74. The first-order valence-corrected chi connectivity index (χ1v) is 6.12. The number of aliphatic hydroxyl groups is 1. The lowest BCUT2D eigenvalue weighted by Crippen LogP contribution is -2.47. The van der Waals surface area contributed by atoms with Gasteiger partial charge in [-0.3, -0.25) is 4.90 Å². The van der Waals surface area contributed by atoms with E-state index in [1.54, 1.807) is 0 Å². The van der Waals surface area contributed by atoms with Crippen LogP contribution in [0.1, 0.15) is 25.7 Å². The quantitative estimate of drug-likeness (QED) is 0.756. The van der Waals surface area contributed by atoms with Crippen molar-refractivity contribution in [3.8, 4) is 0 Å². The number of halogens is 2. The fourth-order valence-corrected chi connectivity index (χ4v) is 2.85. The predicted octanol–water partition coefficient (Wildman–Crippen LogP) is 0.829. The molecule has 16 heavy (non-hydrogen) atoms. The van der Waals surface area contributed by atoms with Gasteiger partial charge in [-0.15, -0.1) is 0 Å². The summed E-state index contributed by atoms with van der Waals surface area (Å²) >= 11 is 0. The van der Waals surface area contributed by atoms with Crippen LogP contribution in [0, 0.1) is 0 Å². The lowest BCUT2D eigenvalue weighted by Gasteiger charge is -2.33. The molecule has 2 fully saturated rings. The van der Waals surface area contributed by atoms with Crippen molar-refractivity contribution in [1.29, 1.82) is 0 Å². The fourth-order valence-electron chi connectivity index (χ4n) is 2.85. The molecule has 0 amide bonds. The number of nitrogens with zero attached hydrogens (tertiary/aromatic N) is 1. The van der Waals surface area contributed by atoms with Gasteiger partial charge in [0.05, 0.1) is 0 Å². The number of hydrogen-bond donors (Lipinski definition) is 2. The number of hydrogen-bond acceptors (Lipinski definition) is 3. The van der Waals surface area contributed by atoms with E-state index in [1.165, 1.54) is 12.8 Å². The minimum atomic E-state index is -2.64. The van der Waals surface area contributed by atoms with Crippen LogP contribution in [0.4, 0.5) is 8.78 Å². The first kappa shape index (κ1) is 12.2. The van der Waals surface area contributed by atoms with Gasteiger partial charge in [0.15, 0.2) is 0 Å². The van der Waals surface area contributed by atoms with Crippen molar-refractivity contribution in [1.82, 2.24) is 10.2 Å². The van der Waals surface area contributed by atoms with Crippen molar-refractivity contribution >= 4 is 0 Å². The molecule has 0 aromatic rings. The van der Waals surface area contributed by atoms with Crippen LogP contribution in [0.25, 0.3) is 0 Å². The second kappa shape index (κ2) is 5.38. The summed E-state index contributed by atoms with van der Waals surface area (Å²) < 4.78 is 24.3. The molecule has 0 aliphatic carbocycles. The van der Waals surface area contributed by atoms with Crippen molar-refractivity contribution in [3.63, 3.8) is 0 Å². The summed E-state index contributed by atoms with van der Waals surface area (Å²) in [4.78, 5) is 2.44.